The van der Waals surface area contributed by atoms with Gasteiger partial charge in [-0.3, -0.25) is 0 Å². The minimum absolute atomic E-state index is 0.0354. The molecule has 0 unspecified atom stereocenters. The van der Waals surface area contributed by atoms with Crippen LogP contribution in [0.5, 0.6) is 5.75 Å². The van der Waals surface area contributed by atoms with Crippen molar-refractivity contribution in [2.45, 2.75) is 0 Å². The van der Waals surface area contributed by atoms with Crippen molar-refractivity contribution in [1.82, 2.24) is 0 Å². The molecule has 0 saturated carbocycles. The molecule has 0 bridgehead atoms. The van der Waals surface area contributed by atoms with Crippen LogP contribution in [-0.2, 0) is 9.53 Å². The first-order valence-electron chi connectivity index (χ1n) is 4.55. The van der Waals surface area contributed by atoms with E-state index in [4.69, 9.17) is 9.47 Å². The fourth-order valence-corrected chi connectivity index (χ4v) is 1.56. The summed E-state index contributed by atoms with van der Waals surface area (Å²) in [4.78, 5) is 15.4. The number of fused-ring (bicyclic) bond motifs is 2. The average Bonchev–Trinajstić information content (AvgIpc) is 2.27. The highest BCUT2D eigenvalue weighted by Gasteiger charge is 2.27. The van der Waals surface area contributed by atoms with Gasteiger partial charge in [-0.25, -0.2) is 9.79 Å². The van der Waals surface area contributed by atoms with Crippen LogP contribution in [-0.4, -0.2) is 18.6 Å². The van der Waals surface area contributed by atoms with Crippen LogP contribution in [0.15, 0.2) is 34.8 Å². The molecule has 0 N–H and O–H groups in total. The lowest BCUT2D eigenvalue weighted by Crippen LogP contribution is -2.28. The monoisotopic (exact) mass is 201 g/mol. The molecule has 0 amide bonds. The summed E-state index contributed by atoms with van der Waals surface area (Å²) in [5.41, 5.74) is 1.25. The number of hydrogen-bond acceptors (Lipinski definition) is 4. The normalized spacial score (nSPS) is 17.7. The Balaban J connectivity index is 2.17. The van der Waals surface area contributed by atoms with E-state index in [2.05, 4.69) is 4.99 Å². The lowest BCUT2D eigenvalue weighted by Gasteiger charge is -2.20. The average molecular weight is 201 g/mol. The lowest BCUT2D eigenvalue weighted by molar-refractivity contribution is -0.138. The topological polar surface area (TPSA) is 47.9 Å². The molecule has 0 aliphatic carbocycles. The second-order valence-electron chi connectivity index (χ2n) is 3.22. The van der Waals surface area contributed by atoms with E-state index in [1.54, 1.807) is 6.08 Å². The predicted octanol–water partition coefficient (Wildman–Crippen LogP) is 1.38. The SMILES string of the molecule is O=C1OCN=C2Oc3ccccc3C=C12. The number of nitrogens with zero attached hydrogens (tertiary/aromatic N) is 1. The Labute approximate surface area is 85.8 Å². The van der Waals surface area contributed by atoms with E-state index in [0.29, 0.717) is 11.5 Å². The number of cyclic esters (lactones) is 1. The van der Waals surface area contributed by atoms with Gasteiger partial charge in [-0.2, -0.15) is 0 Å². The van der Waals surface area contributed by atoms with E-state index in [1.807, 2.05) is 24.3 Å². The van der Waals surface area contributed by atoms with Crippen LogP contribution in [0.3, 0.4) is 0 Å². The number of esters is 1. The molecule has 74 valence electrons. The molecule has 1 aromatic rings. The molecule has 4 heteroatoms. The van der Waals surface area contributed by atoms with Crippen LogP contribution in [0.2, 0.25) is 0 Å². The maximum Gasteiger partial charge on any atom is 0.345 e. The van der Waals surface area contributed by atoms with Crippen LogP contribution in [0, 0.1) is 0 Å². The number of rotatable bonds is 0. The molecule has 2 heterocycles. The smallest absolute Gasteiger partial charge is 0.345 e. The third-order valence-corrected chi connectivity index (χ3v) is 2.28. The first-order valence-corrected chi connectivity index (χ1v) is 4.55. The van der Waals surface area contributed by atoms with Gasteiger partial charge >= 0.3 is 5.97 Å². The van der Waals surface area contributed by atoms with Gasteiger partial charge in [0.05, 0.1) is 0 Å². The van der Waals surface area contributed by atoms with Gasteiger partial charge in [-0.05, 0) is 12.1 Å². The van der Waals surface area contributed by atoms with Gasteiger partial charge in [0.25, 0.3) is 0 Å². The number of para-hydroxylation sites is 1. The van der Waals surface area contributed by atoms with Crippen molar-refractivity contribution in [3.8, 4) is 5.75 Å². The van der Waals surface area contributed by atoms with Crippen molar-refractivity contribution in [1.29, 1.82) is 0 Å². The van der Waals surface area contributed by atoms with Gasteiger partial charge in [0.2, 0.25) is 5.90 Å². The summed E-state index contributed by atoms with van der Waals surface area (Å²) in [6.45, 7) is 0.0354. The Hall–Kier alpha value is -2.10. The van der Waals surface area contributed by atoms with Crippen molar-refractivity contribution in [3.05, 3.63) is 35.4 Å². The van der Waals surface area contributed by atoms with Crippen LogP contribution in [0.25, 0.3) is 6.08 Å². The molecule has 0 spiro atoms. The minimum atomic E-state index is -0.380. The van der Waals surface area contributed by atoms with Gasteiger partial charge in [0, 0.05) is 5.56 Å². The molecule has 2 aliphatic rings. The third kappa shape index (κ3) is 1.22. The summed E-state index contributed by atoms with van der Waals surface area (Å²) >= 11 is 0. The molecule has 0 aromatic heterocycles. The molecule has 4 nitrogen and oxygen atoms in total. The fraction of sp³-hybridized carbons (Fsp3) is 0.0909. The zero-order chi connectivity index (χ0) is 10.3. The number of ether oxygens (including phenoxy) is 2. The van der Waals surface area contributed by atoms with Gasteiger partial charge in [-0.15, -0.1) is 0 Å². The molecule has 1 aromatic carbocycles. The zero-order valence-electron chi connectivity index (χ0n) is 7.77. The number of hydrogen-bond donors (Lipinski definition) is 0. The summed E-state index contributed by atoms with van der Waals surface area (Å²) in [6, 6.07) is 7.47. The predicted molar refractivity (Wildman–Crippen MR) is 53.4 cm³/mol. The van der Waals surface area contributed by atoms with Crippen molar-refractivity contribution in [2.75, 3.05) is 6.73 Å². The molecule has 2 aliphatic heterocycles. The van der Waals surface area contributed by atoms with Crippen molar-refractivity contribution >= 4 is 17.9 Å². The van der Waals surface area contributed by atoms with Crippen molar-refractivity contribution in [3.63, 3.8) is 0 Å². The Morgan fingerprint density at radius 1 is 1.27 bits per heavy atom. The number of benzene rings is 1. The highest BCUT2D eigenvalue weighted by Crippen LogP contribution is 2.28. The highest BCUT2D eigenvalue weighted by atomic mass is 16.6. The Bertz CT molecular complexity index is 502. The lowest BCUT2D eigenvalue weighted by atomic mass is 10.1. The summed E-state index contributed by atoms with van der Waals surface area (Å²) in [6.07, 6.45) is 1.74. The Morgan fingerprint density at radius 3 is 3.07 bits per heavy atom. The number of aliphatic imine (C=N–C) groups is 1. The molecule has 0 fully saturated rings. The second-order valence-corrected chi connectivity index (χ2v) is 3.22. The van der Waals surface area contributed by atoms with Gasteiger partial charge in [0.1, 0.15) is 11.3 Å². The van der Waals surface area contributed by atoms with Crippen LogP contribution >= 0.6 is 0 Å². The molecule has 3 rings (SSSR count). The summed E-state index contributed by atoms with van der Waals surface area (Å²) in [5, 5.41) is 0. The van der Waals surface area contributed by atoms with E-state index in [9.17, 15) is 4.79 Å². The van der Waals surface area contributed by atoms with Crippen molar-refractivity contribution < 1.29 is 14.3 Å². The van der Waals surface area contributed by atoms with E-state index in [-0.39, 0.29) is 12.7 Å². The molecule has 15 heavy (non-hydrogen) atoms. The van der Waals surface area contributed by atoms with E-state index in [0.717, 1.165) is 11.3 Å². The second kappa shape index (κ2) is 2.95. The molecular formula is C11H7NO3. The van der Waals surface area contributed by atoms with Gasteiger partial charge < -0.3 is 9.47 Å². The molecular weight excluding hydrogens is 194 g/mol. The van der Waals surface area contributed by atoms with Crippen LogP contribution in [0.4, 0.5) is 0 Å². The van der Waals surface area contributed by atoms with E-state index < -0.39 is 0 Å². The van der Waals surface area contributed by atoms with Gasteiger partial charge in [-0.1, -0.05) is 18.2 Å². The number of carbonyl (C=O) groups excluding carboxylic acids is 1. The fourth-order valence-electron chi connectivity index (χ4n) is 1.56. The standard InChI is InChI=1S/C11H7NO3/c13-11-8-5-7-3-1-2-4-9(7)15-10(8)12-6-14-11/h1-5H,6H2. The quantitative estimate of drug-likeness (QED) is 0.595. The maximum absolute atomic E-state index is 11.4. The Kier molecular flexibility index (Phi) is 1.62. The minimum Gasteiger partial charge on any atom is -0.439 e. The summed E-state index contributed by atoms with van der Waals surface area (Å²) in [5.74, 6) is 0.689. The van der Waals surface area contributed by atoms with E-state index >= 15 is 0 Å². The Morgan fingerprint density at radius 2 is 2.13 bits per heavy atom. The third-order valence-electron chi connectivity index (χ3n) is 2.28. The number of carbonyl (C=O) groups is 1. The molecule has 0 saturated heterocycles. The first kappa shape index (κ1) is 8.23. The van der Waals surface area contributed by atoms with Gasteiger partial charge in [0.15, 0.2) is 6.73 Å². The zero-order valence-corrected chi connectivity index (χ0v) is 7.77. The summed E-state index contributed by atoms with van der Waals surface area (Å²) < 4.78 is 10.3. The maximum atomic E-state index is 11.4. The summed E-state index contributed by atoms with van der Waals surface area (Å²) in [7, 11) is 0. The van der Waals surface area contributed by atoms with Crippen LogP contribution < -0.4 is 4.74 Å². The van der Waals surface area contributed by atoms with E-state index in [1.165, 1.54) is 0 Å². The van der Waals surface area contributed by atoms with Crippen molar-refractivity contribution in [2.24, 2.45) is 4.99 Å². The largest absolute Gasteiger partial charge is 0.439 e. The molecule has 0 radical (unpaired) electrons. The highest BCUT2D eigenvalue weighted by molar-refractivity contribution is 6.22. The molecule has 0 atom stereocenters. The van der Waals surface area contributed by atoms with Crippen LogP contribution in [0.1, 0.15) is 5.56 Å². The first-order chi connectivity index (χ1) is 7.34.